The van der Waals surface area contributed by atoms with Crippen molar-refractivity contribution in [3.63, 3.8) is 0 Å². The zero-order chi connectivity index (χ0) is 6.97. The topological polar surface area (TPSA) is 9.23 Å². The molecule has 1 saturated carbocycles. The van der Waals surface area contributed by atoms with Crippen molar-refractivity contribution in [2.45, 2.75) is 25.9 Å². The van der Waals surface area contributed by atoms with E-state index in [1.807, 2.05) is 0 Å². The van der Waals surface area contributed by atoms with Crippen LogP contribution in [0.15, 0.2) is 12.2 Å². The summed E-state index contributed by atoms with van der Waals surface area (Å²) in [5.41, 5.74) is 0. The third kappa shape index (κ3) is 0.807. The summed E-state index contributed by atoms with van der Waals surface area (Å²) in [5.74, 6) is 1.72. The molecule has 2 aliphatic carbocycles. The number of hydrogen-bond acceptors (Lipinski definition) is 1. The van der Waals surface area contributed by atoms with Gasteiger partial charge in [-0.05, 0) is 31.6 Å². The highest BCUT2D eigenvalue weighted by molar-refractivity contribution is 5.12. The van der Waals surface area contributed by atoms with Crippen LogP contribution in [-0.2, 0) is 4.74 Å². The third-order valence-electron chi connectivity index (χ3n) is 2.71. The lowest BCUT2D eigenvalue weighted by atomic mass is 9.75. The van der Waals surface area contributed by atoms with E-state index in [2.05, 4.69) is 19.1 Å². The molecule has 0 amide bonds. The zero-order valence-corrected chi connectivity index (χ0v) is 6.42. The average Bonchev–Trinajstić information content (AvgIpc) is 2.08. The van der Waals surface area contributed by atoms with Crippen LogP contribution in [0.25, 0.3) is 0 Å². The highest BCUT2D eigenvalue weighted by Crippen LogP contribution is 2.43. The second-order valence-electron chi connectivity index (χ2n) is 3.21. The minimum atomic E-state index is 0.462. The van der Waals surface area contributed by atoms with Crippen molar-refractivity contribution < 1.29 is 4.74 Å². The fourth-order valence-corrected chi connectivity index (χ4v) is 1.96. The van der Waals surface area contributed by atoms with Crippen LogP contribution in [0.3, 0.4) is 0 Å². The molecular formula is C9H14O. The molecular weight excluding hydrogens is 124 g/mol. The Balaban J connectivity index is 1.93. The van der Waals surface area contributed by atoms with E-state index in [9.17, 15) is 0 Å². The Morgan fingerprint density at radius 1 is 1.40 bits per heavy atom. The van der Waals surface area contributed by atoms with Gasteiger partial charge in [-0.1, -0.05) is 12.2 Å². The van der Waals surface area contributed by atoms with E-state index in [4.69, 9.17) is 4.74 Å². The molecule has 0 heterocycles. The van der Waals surface area contributed by atoms with E-state index in [0.29, 0.717) is 6.10 Å². The molecule has 0 spiro atoms. The first-order valence-corrected chi connectivity index (χ1v) is 4.21. The van der Waals surface area contributed by atoms with Gasteiger partial charge in [-0.2, -0.15) is 0 Å². The van der Waals surface area contributed by atoms with Gasteiger partial charge in [0.1, 0.15) is 0 Å². The fraction of sp³-hybridized carbons (Fsp3) is 0.778. The minimum Gasteiger partial charge on any atom is -0.374 e. The Labute approximate surface area is 62.1 Å². The van der Waals surface area contributed by atoms with E-state index in [0.717, 1.165) is 18.4 Å². The first-order chi connectivity index (χ1) is 4.92. The summed E-state index contributed by atoms with van der Waals surface area (Å²) in [4.78, 5) is 0. The summed E-state index contributed by atoms with van der Waals surface area (Å²) in [6, 6.07) is 0. The van der Waals surface area contributed by atoms with Gasteiger partial charge in [-0.25, -0.2) is 0 Å². The lowest BCUT2D eigenvalue weighted by Gasteiger charge is -2.33. The van der Waals surface area contributed by atoms with E-state index in [1.54, 1.807) is 0 Å². The molecule has 0 radical (unpaired) electrons. The van der Waals surface area contributed by atoms with Crippen molar-refractivity contribution in [2.24, 2.45) is 11.8 Å². The van der Waals surface area contributed by atoms with Crippen molar-refractivity contribution in [1.82, 2.24) is 0 Å². The standard InChI is InChI=1S/C9H14O/c1-2-10-9-6-4-7-3-5-8(7)9/h4,6-9H,2-3,5H2,1H3. The smallest absolute Gasteiger partial charge is 0.0789 e. The molecule has 2 aliphatic rings. The molecule has 0 aromatic rings. The molecule has 2 rings (SSSR count). The predicted octanol–water partition coefficient (Wildman–Crippen LogP) is 1.99. The molecule has 56 valence electrons. The summed E-state index contributed by atoms with van der Waals surface area (Å²) in [5, 5.41) is 0. The maximum atomic E-state index is 5.55. The molecule has 0 saturated heterocycles. The lowest BCUT2D eigenvalue weighted by molar-refractivity contribution is 0.0169. The van der Waals surface area contributed by atoms with Gasteiger partial charge in [0.25, 0.3) is 0 Å². The van der Waals surface area contributed by atoms with Gasteiger partial charge in [0, 0.05) is 6.61 Å². The van der Waals surface area contributed by atoms with E-state index < -0.39 is 0 Å². The quantitative estimate of drug-likeness (QED) is 0.530. The Kier molecular flexibility index (Phi) is 1.53. The maximum absolute atomic E-state index is 5.55. The third-order valence-corrected chi connectivity index (χ3v) is 2.71. The van der Waals surface area contributed by atoms with Crippen LogP contribution in [0, 0.1) is 11.8 Å². The Morgan fingerprint density at radius 2 is 2.30 bits per heavy atom. The van der Waals surface area contributed by atoms with Crippen molar-refractivity contribution in [3.05, 3.63) is 12.2 Å². The van der Waals surface area contributed by atoms with Crippen LogP contribution in [0.1, 0.15) is 19.8 Å². The number of rotatable bonds is 2. The van der Waals surface area contributed by atoms with Crippen LogP contribution in [0.2, 0.25) is 0 Å². The Hall–Kier alpha value is -0.300. The lowest BCUT2D eigenvalue weighted by Crippen LogP contribution is -2.30. The van der Waals surface area contributed by atoms with Gasteiger partial charge < -0.3 is 4.74 Å². The van der Waals surface area contributed by atoms with Gasteiger partial charge in [0.2, 0.25) is 0 Å². The zero-order valence-electron chi connectivity index (χ0n) is 6.42. The summed E-state index contributed by atoms with van der Waals surface area (Å²) in [7, 11) is 0. The number of ether oxygens (including phenoxy) is 1. The molecule has 0 bridgehead atoms. The Morgan fingerprint density at radius 3 is 2.80 bits per heavy atom. The van der Waals surface area contributed by atoms with Gasteiger partial charge in [-0.3, -0.25) is 0 Å². The van der Waals surface area contributed by atoms with Gasteiger partial charge in [-0.15, -0.1) is 0 Å². The predicted molar refractivity (Wildman–Crippen MR) is 40.8 cm³/mol. The molecule has 3 atom stereocenters. The highest BCUT2D eigenvalue weighted by atomic mass is 16.5. The average molecular weight is 138 g/mol. The first kappa shape index (κ1) is 6.41. The van der Waals surface area contributed by atoms with Crippen LogP contribution >= 0.6 is 0 Å². The minimum absolute atomic E-state index is 0.462. The molecule has 10 heavy (non-hydrogen) atoms. The van der Waals surface area contributed by atoms with Crippen molar-refractivity contribution >= 4 is 0 Å². The molecule has 1 heteroatoms. The summed E-state index contributed by atoms with van der Waals surface area (Å²) >= 11 is 0. The Bertz CT molecular complexity index is 151. The molecule has 0 N–H and O–H groups in total. The number of allylic oxidation sites excluding steroid dienone is 1. The molecule has 0 aromatic carbocycles. The number of fused-ring (bicyclic) bond motifs is 1. The largest absolute Gasteiger partial charge is 0.374 e. The SMILES string of the molecule is CCOC1C=CC2CCC21. The van der Waals surface area contributed by atoms with Crippen LogP contribution in [0.5, 0.6) is 0 Å². The maximum Gasteiger partial charge on any atom is 0.0789 e. The summed E-state index contributed by atoms with van der Waals surface area (Å²) < 4.78 is 5.55. The van der Waals surface area contributed by atoms with E-state index in [-0.39, 0.29) is 0 Å². The van der Waals surface area contributed by atoms with Gasteiger partial charge in [0.15, 0.2) is 0 Å². The second kappa shape index (κ2) is 2.39. The fourth-order valence-electron chi connectivity index (χ4n) is 1.96. The van der Waals surface area contributed by atoms with E-state index in [1.165, 1.54) is 12.8 Å². The van der Waals surface area contributed by atoms with Crippen LogP contribution in [-0.4, -0.2) is 12.7 Å². The van der Waals surface area contributed by atoms with Gasteiger partial charge >= 0.3 is 0 Å². The second-order valence-corrected chi connectivity index (χ2v) is 3.21. The molecule has 1 fully saturated rings. The van der Waals surface area contributed by atoms with Crippen LogP contribution < -0.4 is 0 Å². The normalized spacial score (nSPS) is 43.1. The molecule has 0 aliphatic heterocycles. The summed E-state index contributed by atoms with van der Waals surface area (Å²) in [6.07, 6.45) is 7.80. The molecule has 0 aromatic heterocycles. The first-order valence-electron chi connectivity index (χ1n) is 4.21. The van der Waals surface area contributed by atoms with Gasteiger partial charge in [0.05, 0.1) is 6.10 Å². The van der Waals surface area contributed by atoms with E-state index >= 15 is 0 Å². The van der Waals surface area contributed by atoms with Crippen molar-refractivity contribution in [2.75, 3.05) is 6.61 Å². The van der Waals surface area contributed by atoms with Crippen LogP contribution in [0.4, 0.5) is 0 Å². The van der Waals surface area contributed by atoms with Crippen molar-refractivity contribution in [1.29, 1.82) is 0 Å². The van der Waals surface area contributed by atoms with Crippen molar-refractivity contribution in [3.8, 4) is 0 Å². The monoisotopic (exact) mass is 138 g/mol. The number of hydrogen-bond donors (Lipinski definition) is 0. The summed E-state index contributed by atoms with van der Waals surface area (Å²) in [6.45, 7) is 2.93. The highest BCUT2D eigenvalue weighted by Gasteiger charge is 2.38. The molecule has 1 nitrogen and oxygen atoms in total. The molecule has 3 unspecified atom stereocenters.